The highest BCUT2D eigenvalue weighted by atomic mass is 35.5. The highest BCUT2D eigenvalue weighted by Gasteiger charge is 2.25. The van der Waals surface area contributed by atoms with Crippen LogP contribution in [0.2, 0.25) is 5.02 Å². The van der Waals surface area contributed by atoms with Crippen molar-refractivity contribution >= 4 is 17.5 Å². The topological polar surface area (TPSA) is 33.2 Å². The van der Waals surface area contributed by atoms with E-state index in [1.54, 1.807) is 6.20 Å². The van der Waals surface area contributed by atoms with E-state index in [0.29, 0.717) is 10.9 Å². The van der Waals surface area contributed by atoms with Gasteiger partial charge in [0.1, 0.15) is 0 Å². The van der Waals surface area contributed by atoms with Crippen molar-refractivity contribution in [2.24, 2.45) is 5.92 Å². The molecule has 0 spiro atoms. The number of amides is 1. The minimum Gasteiger partial charge on any atom is -0.338 e. The number of halogens is 1. The number of hydrogen-bond acceptors (Lipinski definition) is 2. The van der Waals surface area contributed by atoms with Gasteiger partial charge < -0.3 is 4.90 Å². The van der Waals surface area contributed by atoms with Gasteiger partial charge in [-0.15, -0.1) is 0 Å². The van der Waals surface area contributed by atoms with Crippen LogP contribution < -0.4 is 0 Å². The van der Waals surface area contributed by atoms with Gasteiger partial charge in [-0.1, -0.05) is 74.0 Å². The highest BCUT2D eigenvalue weighted by molar-refractivity contribution is 6.30. The summed E-state index contributed by atoms with van der Waals surface area (Å²) >= 11 is 5.93. The molecule has 3 aromatic rings. The lowest BCUT2D eigenvalue weighted by molar-refractivity contribution is 0.0679. The minimum atomic E-state index is 0.0484. The fraction of sp³-hybridized carbons (Fsp3) is 0.280. The molecule has 1 heterocycles. The summed E-state index contributed by atoms with van der Waals surface area (Å²) in [4.78, 5) is 19.7. The van der Waals surface area contributed by atoms with Crippen LogP contribution in [0.1, 0.15) is 36.3 Å². The molecule has 1 aromatic heterocycles. The molecule has 0 bridgehead atoms. The van der Waals surface area contributed by atoms with Gasteiger partial charge in [-0.25, -0.2) is 0 Å². The lowest BCUT2D eigenvalue weighted by Crippen LogP contribution is -2.41. The molecule has 0 fully saturated rings. The van der Waals surface area contributed by atoms with E-state index in [1.165, 1.54) is 0 Å². The molecule has 1 amide bonds. The van der Waals surface area contributed by atoms with Crippen molar-refractivity contribution in [3.8, 4) is 11.1 Å². The fourth-order valence-corrected chi connectivity index (χ4v) is 3.82. The smallest absolute Gasteiger partial charge is 0.254 e. The van der Waals surface area contributed by atoms with Gasteiger partial charge in [-0.05, 0) is 48.1 Å². The van der Waals surface area contributed by atoms with Crippen molar-refractivity contribution < 1.29 is 4.79 Å². The predicted molar refractivity (Wildman–Crippen MR) is 120 cm³/mol. The highest BCUT2D eigenvalue weighted by Crippen LogP contribution is 2.26. The zero-order chi connectivity index (χ0) is 20.8. The molecule has 4 heteroatoms. The molecule has 3 nitrogen and oxygen atoms in total. The Morgan fingerprint density at radius 2 is 1.69 bits per heavy atom. The molecular formula is C25H27ClN2O. The van der Waals surface area contributed by atoms with Crippen molar-refractivity contribution in [2.75, 3.05) is 7.05 Å². The van der Waals surface area contributed by atoms with E-state index in [0.717, 1.165) is 35.2 Å². The summed E-state index contributed by atoms with van der Waals surface area (Å²) in [5.74, 6) is 0.382. The molecule has 0 unspecified atom stereocenters. The minimum absolute atomic E-state index is 0.0484. The second kappa shape index (κ2) is 9.71. The molecule has 0 aliphatic heterocycles. The number of benzene rings is 2. The molecule has 2 aromatic carbocycles. The van der Waals surface area contributed by atoms with Crippen molar-refractivity contribution in [3.05, 3.63) is 89.2 Å². The van der Waals surface area contributed by atoms with E-state index in [-0.39, 0.29) is 11.9 Å². The van der Waals surface area contributed by atoms with Crippen molar-refractivity contribution in [1.82, 2.24) is 9.88 Å². The summed E-state index contributed by atoms with van der Waals surface area (Å²) in [6.07, 6.45) is 3.33. The standard InChI is InChI=1S/C25H27ClN2O/c1-18(2)24(16-15-21-14-13-20(26)17-27-21)28(3)25(29)23-12-8-7-11-22(23)19-9-5-4-6-10-19/h4-14,17-18,24H,15-16H2,1-3H3/t24-/m1/s1. The molecule has 0 aliphatic rings. The van der Waals surface area contributed by atoms with Gasteiger partial charge in [0.15, 0.2) is 0 Å². The summed E-state index contributed by atoms with van der Waals surface area (Å²) in [5, 5.41) is 0.638. The lowest BCUT2D eigenvalue weighted by atomic mass is 9.94. The Morgan fingerprint density at radius 1 is 1.00 bits per heavy atom. The molecule has 1 atom stereocenters. The van der Waals surface area contributed by atoms with Crippen LogP contribution >= 0.6 is 11.6 Å². The monoisotopic (exact) mass is 406 g/mol. The first-order chi connectivity index (χ1) is 14.0. The van der Waals surface area contributed by atoms with E-state index in [4.69, 9.17) is 11.6 Å². The largest absolute Gasteiger partial charge is 0.338 e. The first-order valence-corrected chi connectivity index (χ1v) is 10.4. The predicted octanol–water partition coefficient (Wildman–Crippen LogP) is 6.13. The van der Waals surface area contributed by atoms with Gasteiger partial charge in [0.25, 0.3) is 5.91 Å². The van der Waals surface area contributed by atoms with E-state index in [1.807, 2.05) is 78.7 Å². The number of pyridine rings is 1. The maximum atomic E-state index is 13.4. The zero-order valence-electron chi connectivity index (χ0n) is 17.2. The Morgan fingerprint density at radius 3 is 2.34 bits per heavy atom. The number of hydrogen-bond donors (Lipinski definition) is 0. The third-order valence-electron chi connectivity index (χ3n) is 5.31. The van der Waals surface area contributed by atoms with Crippen molar-refractivity contribution in [3.63, 3.8) is 0 Å². The van der Waals surface area contributed by atoms with Crippen LogP contribution in [0.15, 0.2) is 72.9 Å². The quantitative estimate of drug-likeness (QED) is 0.472. The van der Waals surface area contributed by atoms with Crippen molar-refractivity contribution in [2.45, 2.75) is 32.7 Å². The average molecular weight is 407 g/mol. The molecule has 0 saturated carbocycles. The number of nitrogens with zero attached hydrogens (tertiary/aromatic N) is 2. The molecule has 3 rings (SSSR count). The lowest BCUT2D eigenvalue weighted by Gasteiger charge is -2.32. The summed E-state index contributed by atoms with van der Waals surface area (Å²) in [7, 11) is 1.91. The van der Waals surface area contributed by atoms with E-state index < -0.39 is 0 Å². The van der Waals surface area contributed by atoms with Crippen LogP contribution in [0.5, 0.6) is 0 Å². The Bertz CT molecular complexity index is 939. The van der Waals surface area contributed by atoms with E-state index in [9.17, 15) is 4.79 Å². The van der Waals surface area contributed by atoms with Crippen LogP contribution in [0.3, 0.4) is 0 Å². The SMILES string of the molecule is CC(C)[C@@H](CCc1ccc(Cl)cn1)N(C)C(=O)c1ccccc1-c1ccccc1. The summed E-state index contributed by atoms with van der Waals surface area (Å²) in [5.41, 5.74) is 3.74. The Hall–Kier alpha value is -2.65. The number of carbonyl (C=O) groups is 1. The number of rotatable bonds is 7. The summed E-state index contributed by atoms with van der Waals surface area (Å²) < 4.78 is 0. The van der Waals surface area contributed by atoms with Crippen LogP contribution in [-0.4, -0.2) is 28.9 Å². The van der Waals surface area contributed by atoms with Crippen LogP contribution in [0, 0.1) is 5.92 Å². The fourth-order valence-electron chi connectivity index (χ4n) is 3.70. The molecular weight excluding hydrogens is 380 g/mol. The first-order valence-electron chi connectivity index (χ1n) is 9.99. The summed E-state index contributed by atoms with van der Waals surface area (Å²) in [6.45, 7) is 4.32. The maximum absolute atomic E-state index is 13.4. The molecule has 29 heavy (non-hydrogen) atoms. The molecule has 150 valence electrons. The number of carbonyl (C=O) groups excluding carboxylic acids is 1. The van der Waals surface area contributed by atoms with Crippen LogP contribution in [-0.2, 0) is 6.42 Å². The molecule has 0 N–H and O–H groups in total. The normalized spacial score (nSPS) is 12.0. The van der Waals surface area contributed by atoms with Crippen LogP contribution in [0.25, 0.3) is 11.1 Å². The van der Waals surface area contributed by atoms with E-state index >= 15 is 0 Å². The van der Waals surface area contributed by atoms with Gasteiger partial charge >= 0.3 is 0 Å². The van der Waals surface area contributed by atoms with Gasteiger partial charge in [0.05, 0.1) is 5.02 Å². The molecule has 0 aliphatic carbocycles. The Balaban J connectivity index is 1.81. The van der Waals surface area contributed by atoms with Crippen LogP contribution in [0.4, 0.5) is 0 Å². The third-order valence-corrected chi connectivity index (χ3v) is 5.54. The van der Waals surface area contributed by atoms with Gasteiger partial charge in [0, 0.05) is 30.5 Å². The number of aromatic nitrogens is 1. The second-order valence-corrected chi connectivity index (χ2v) is 8.08. The average Bonchev–Trinajstić information content (AvgIpc) is 2.75. The van der Waals surface area contributed by atoms with Gasteiger partial charge in [0.2, 0.25) is 0 Å². The Kier molecular flexibility index (Phi) is 7.05. The summed E-state index contributed by atoms with van der Waals surface area (Å²) in [6, 6.07) is 21.8. The van der Waals surface area contributed by atoms with Crippen molar-refractivity contribution in [1.29, 1.82) is 0 Å². The third kappa shape index (κ3) is 5.24. The number of aryl methyl sites for hydroxylation is 1. The first kappa shape index (κ1) is 21.1. The second-order valence-electron chi connectivity index (χ2n) is 7.65. The van der Waals surface area contributed by atoms with Gasteiger partial charge in [-0.2, -0.15) is 0 Å². The van der Waals surface area contributed by atoms with Gasteiger partial charge in [-0.3, -0.25) is 9.78 Å². The Labute approximate surface area is 178 Å². The zero-order valence-corrected chi connectivity index (χ0v) is 17.9. The van der Waals surface area contributed by atoms with E-state index in [2.05, 4.69) is 18.8 Å². The molecule has 0 saturated heterocycles. The maximum Gasteiger partial charge on any atom is 0.254 e. The molecule has 0 radical (unpaired) electrons.